The molecular weight excluding hydrogens is 286 g/mol. The lowest BCUT2D eigenvalue weighted by Crippen LogP contribution is -2.19. The molecule has 0 unspecified atom stereocenters. The van der Waals surface area contributed by atoms with E-state index in [1.54, 1.807) is 35.4 Å². The van der Waals surface area contributed by atoms with Gasteiger partial charge in [0.05, 0.1) is 17.6 Å². The number of fused-ring (bicyclic) bond motifs is 1. The molecule has 9 heteroatoms. The molecule has 3 aromatic rings. The van der Waals surface area contributed by atoms with Crippen LogP contribution in [-0.2, 0) is 25.4 Å². The molecule has 114 valence electrons. The monoisotopic (exact) mass is 301 g/mol. The molecule has 0 aliphatic heterocycles. The lowest BCUT2D eigenvalue weighted by molar-refractivity contribution is -0.116. The van der Waals surface area contributed by atoms with Gasteiger partial charge in [-0.2, -0.15) is 0 Å². The van der Waals surface area contributed by atoms with E-state index in [1.807, 2.05) is 6.07 Å². The summed E-state index contributed by atoms with van der Waals surface area (Å²) in [5.74, 6) is -0.143. The molecule has 0 saturated heterocycles. The number of carbonyl (C=O) groups excluding carboxylic acids is 1. The van der Waals surface area contributed by atoms with Crippen molar-refractivity contribution < 1.29 is 4.79 Å². The Labute approximate surface area is 125 Å². The molecule has 0 aliphatic carbocycles. The molecule has 3 rings (SSSR count). The fourth-order valence-electron chi connectivity index (χ4n) is 2.31. The van der Waals surface area contributed by atoms with Gasteiger partial charge in [-0.05, 0) is 28.6 Å². The highest BCUT2D eigenvalue weighted by atomic mass is 16.2. The number of hydrogen-bond donors (Lipinski definition) is 1. The fraction of sp³-hybridized carbons (Fsp3) is 0.308. The van der Waals surface area contributed by atoms with Gasteiger partial charge in [0.25, 0.3) is 0 Å². The average molecular weight is 301 g/mol. The molecule has 9 nitrogen and oxygen atoms in total. The maximum Gasteiger partial charge on any atom is 0.328 e. The van der Waals surface area contributed by atoms with Crippen LogP contribution in [0.4, 0.5) is 5.69 Å². The molecule has 0 saturated carbocycles. The predicted octanol–water partition coefficient (Wildman–Crippen LogP) is -0.108. The van der Waals surface area contributed by atoms with Gasteiger partial charge in [-0.15, -0.1) is 5.10 Å². The summed E-state index contributed by atoms with van der Waals surface area (Å²) in [6.07, 6.45) is 1.72. The molecule has 2 aromatic heterocycles. The van der Waals surface area contributed by atoms with E-state index in [0.717, 1.165) is 11.0 Å². The van der Waals surface area contributed by atoms with Gasteiger partial charge >= 0.3 is 5.69 Å². The smallest absolute Gasteiger partial charge is 0.326 e. The van der Waals surface area contributed by atoms with Crippen molar-refractivity contribution in [1.29, 1.82) is 0 Å². The van der Waals surface area contributed by atoms with Crippen molar-refractivity contribution in [2.75, 3.05) is 5.32 Å². The highest BCUT2D eigenvalue weighted by molar-refractivity contribution is 5.93. The Balaban J connectivity index is 1.75. The second kappa shape index (κ2) is 5.43. The molecule has 1 aromatic carbocycles. The lowest BCUT2D eigenvalue weighted by atomic mass is 10.2. The zero-order chi connectivity index (χ0) is 15.7. The number of tetrazole rings is 1. The number of nitrogens with one attached hydrogen (secondary N) is 1. The Morgan fingerprint density at radius 2 is 2.00 bits per heavy atom. The summed E-state index contributed by atoms with van der Waals surface area (Å²) in [7, 11) is 3.42. The van der Waals surface area contributed by atoms with E-state index >= 15 is 0 Å². The second-order valence-corrected chi connectivity index (χ2v) is 4.98. The normalized spacial score (nSPS) is 11.0. The van der Waals surface area contributed by atoms with Gasteiger partial charge in [-0.3, -0.25) is 13.9 Å². The number of aromatic nitrogens is 6. The van der Waals surface area contributed by atoms with Gasteiger partial charge in [0.15, 0.2) is 0 Å². The quantitative estimate of drug-likeness (QED) is 0.725. The van der Waals surface area contributed by atoms with E-state index in [1.165, 1.54) is 11.0 Å². The van der Waals surface area contributed by atoms with Crippen molar-refractivity contribution >= 4 is 22.6 Å². The molecule has 0 bridgehead atoms. The zero-order valence-electron chi connectivity index (χ0n) is 12.2. The van der Waals surface area contributed by atoms with E-state index in [0.29, 0.717) is 12.2 Å². The maximum absolute atomic E-state index is 11.9. The molecular formula is C13H15N7O2. The highest BCUT2D eigenvalue weighted by Gasteiger charge is 2.09. The van der Waals surface area contributed by atoms with Gasteiger partial charge in [0.1, 0.15) is 6.33 Å². The van der Waals surface area contributed by atoms with Crippen LogP contribution in [0, 0.1) is 0 Å². The van der Waals surface area contributed by atoms with Crippen molar-refractivity contribution in [3.05, 3.63) is 35.0 Å². The van der Waals surface area contributed by atoms with Crippen LogP contribution in [0.15, 0.2) is 29.3 Å². The summed E-state index contributed by atoms with van der Waals surface area (Å²) < 4.78 is 4.61. The summed E-state index contributed by atoms with van der Waals surface area (Å²) in [6.45, 7) is 0.408. The van der Waals surface area contributed by atoms with Crippen molar-refractivity contribution in [2.45, 2.75) is 13.0 Å². The first kappa shape index (κ1) is 14.0. The largest absolute Gasteiger partial charge is 0.328 e. The summed E-state index contributed by atoms with van der Waals surface area (Å²) in [5, 5.41) is 13.5. The van der Waals surface area contributed by atoms with E-state index in [2.05, 4.69) is 20.8 Å². The molecule has 1 amide bonds. The first-order valence-electron chi connectivity index (χ1n) is 6.72. The van der Waals surface area contributed by atoms with Crippen LogP contribution in [0.2, 0.25) is 0 Å². The number of rotatable bonds is 4. The van der Waals surface area contributed by atoms with Crippen LogP contribution in [0.5, 0.6) is 0 Å². The maximum atomic E-state index is 11.9. The Kier molecular flexibility index (Phi) is 3.45. The molecule has 0 fully saturated rings. The highest BCUT2D eigenvalue weighted by Crippen LogP contribution is 2.17. The van der Waals surface area contributed by atoms with Crippen LogP contribution in [0.1, 0.15) is 6.42 Å². The summed E-state index contributed by atoms with van der Waals surface area (Å²) in [5.41, 5.74) is 2.14. The average Bonchev–Trinajstić information content (AvgIpc) is 3.10. The number of imidazole rings is 1. The minimum atomic E-state index is -0.143. The van der Waals surface area contributed by atoms with Crippen LogP contribution in [0.25, 0.3) is 11.0 Å². The second-order valence-electron chi connectivity index (χ2n) is 4.98. The van der Waals surface area contributed by atoms with Gasteiger partial charge in [-0.25, -0.2) is 9.48 Å². The number of benzene rings is 1. The first-order chi connectivity index (χ1) is 10.6. The standard InChI is InChI=1S/C13H15N7O2/c1-18-10-4-3-9(7-11(10)19(2)13(18)22)15-12(21)5-6-20-8-14-16-17-20/h3-4,7-8H,5-6H2,1-2H3,(H,15,21). The summed E-state index contributed by atoms with van der Waals surface area (Å²) in [6, 6.07) is 5.37. The molecule has 0 radical (unpaired) electrons. The Bertz CT molecular complexity index is 876. The van der Waals surface area contributed by atoms with E-state index in [-0.39, 0.29) is 18.0 Å². The van der Waals surface area contributed by atoms with Crippen molar-refractivity contribution in [1.82, 2.24) is 29.3 Å². The Morgan fingerprint density at radius 1 is 1.23 bits per heavy atom. The Morgan fingerprint density at radius 3 is 2.73 bits per heavy atom. The van der Waals surface area contributed by atoms with Crippen molar-refractivity contribution in [3.63, 3.8) is 0 Å². The number of nitrogens with zero attached hydrogens (tertiary/aromatic N) is 6. The number of hydrogen-bond acceptors (Lipinski definition) is 5. The minimum Gasteiger partial charge on any atom is -0.326 e. The lowest BCUT2D eigenvalue weighted by Gasteiger charge is -2.06. The summed E-state index contributed by atoms with van der Waals surface area (Å²) >= 11 is 0. The Hall–Kier alpha value is -2.97. The van der Waals surface area contributed by atoms with E-state index in [9.17, 15) is 9.59 Å². The molecule has 22 heavy (non-hydrogen) atoms. The van der Waals surface area contributed by atoms with Crippen LogP contribution >= 0.6 is 0 Å². The van der Waals surface area contributed by atoms with Crippen LogP contribution in [0.3, 0.4) is 0 Å². The van der Waals surface area contributed by atoms with Gasteiger partial charge in [-0.1, -0.05) is 0 Å². The number of carbonyl (C=O) groups is 1. The zero-order valence-corrected chi connectivity index (χ0v) is 12.2. The van der Waals surface area contributed by atoms with Crippen LogP contribution < -0.4 is 11.0 Å². The van der Waals surface area contributed by atoms with Gasteiger partial charge < -0.3 is 5.32 Å². The molecule has 2 heterocycles. The third-order valence-electron chi connectivity index (χ3n) is 3.52. The fourth-order valence-corrected chi connectivity index (χ4v) is 2.31. The third-order valence-corrected chi connectivity index (χ3v) is 3.52. The number of aryl methyl sites for hydroxylation is 3. The molecule has 0 spiro atoms. The predicted molar refractivity (Wildman–Crippen MR) is 79.2 cm³/mol. The molecule has 0 atom stereocenters. The number of anilines is 1. The summed E-state index contributed by atoms with van der Waals surface area (Å²) in [4.78, 5) is 23.8. The SMILES string of the molecule is Cn1c(=O)n(C)c2cc(NC(=O)CCn3cnnn3)ccc21. The van der Waals surface area contributed by atoms with E-state index in [4.69, 9.17) is 0 Å². The van der Waals surface area contributed by atoms with Gasteiger partial charge in [0, 0.05) is 26.2 Å². The topological polar surface area (TPSA) is 99.6 Å². The molecule has 1 N–H and O–H groups in total. The molecule has 0 aliphatic rings. The third kappa shape index (κ3) is 2.48. The van der Waals surface area contributed by atoms with Gasteiger partial charge in [0.2, 0.25) is 5.91 Å². The van der Waals surface area contributed by atoms with Crippen molar-refractivity contribution in [3.8, 4) is 0 Å². The van der Waals surface area contributed by atoms with E-state index < -0.39 is 0 Å². The van der Waals surface area contributed by atoms with Crippen LogP contribution in [-0.4, -0.2) is 35.2 Å². The van der Waals surface area contributed by atoms with Crippen molar-refractivity contribution in [2.24, 2.45) is 14.1 Å². The minimum absolute atomic E-state index is 0.0999. The first-order valence-corrected chi connectivity index (χ1v) is 6.72. The number of amides is 1.